The third kappa shape index (κ3) is 4.21. The summed E-state index contributed by atoms with van der Waals surface area (Å²) in [4.78, 5) is 18.6. The van der Waals surface area contributed by atoms with Gasteiger partial charge in [-0.2, -0.15) is 0 Å². The average molecular weight is 312 g/mol. The molecule has 0 bridgehead atoms. The molecule has 1 unspecified atom stereocenters. The van der Waals surface area contributed by atoms with Crippen LogP contribution in [0.25, 0.3) is 0 Å². The van der Waals surface area contributed by atoms with Gasteiger partial charge >= 0.3 is 6.09 Å². The van der Waals surface area contributed by atoms with Crippen molar-refractivity contribution in [2.75, 3.05) is 19.6 Å². The van der Waals surface area contributed by atoms with E-state index in [1.807, 2.05) is 30.3 Å². The SMILES string of the molecule is CC1CCC(C2=CCN(C(=O)OCc3ccccc3)CC2)=NC1. The largest absolute Gasteiger partial charge is 0.445 e. The minimum Gasteiger partial charge on any atom is -0.445 e. The van der Waals surface area contributed by atoms with Crippen molar-refractivity contribution in [2.24, 2.45) is 10.9 Å². The van der Waals surface area contributed by atoms with Crippen molar-refractivity contribution in [3.8, 4) is 0 Å². The van der Waals surface area contributed by atoms with E-state index in [-0.39, 0.29) is 6.09 Å². The first-order valence-electron chi connectivity index (χ1n) is 8.40. The van der Waals surface area contributed by atoms with Gasteiger partial charge < -0.3 is 9.64 Å². The van der Waals surface area contributed by atoms with E-state index in [0.29, 0.717) is 25.6 Å². The molecule has 2 aliphatic rings. The zero-order valence-electron chi connectivity index (χ0n) is 13.7. The lowest BCUT2D eigenvalue weighted by molar-refractivity contribution is 0.0992. The number of rotatable bonds is 3. The number of nitrogens with zero attached hydrogens (tertiary/aromatic N) is 2. The highest BCUT2D eigenvalue weighted by Gasteiger charge is 2.22. The second-order valence-corrected chi connectivity index (χ2v) is 6.40. The van der Waals surface area contributed by atoms with Gasteiger partial charge in [-0.3, -0.25) is 4.99 Å². The molecule has 4 heteroatoms. The van der Waals surface area contributed by atoms with E-state index in [0.717, 1.165) is 24.9 Å². The predicted molar refractivity (Wildman–Crippen MR) is 91.6 cm³/mol. The Labute approximate surface area is 137 Å². The molecule has 4 nitrogen and oxygen atoms in total. The van der Waals surface area contributed by atoms with Crippen LogP contribution in [0.3, 0.4) is 0 Å². The summed E-state index contributed by atoms with van der Waals surface area (Å²) in [7, 11) is 0. The van der Waals surface area contributed by atoms with Crippen LogP contribution in [0, 0.1) is 5.92 Å². The van der Waals surface area contributed by atoms with Crippen LogP contribution in [0.4, 0.5) is 4.79 Å². The van der Waals surface area contributed by atoms with Gasteiger partial charge in [0.15, 0.2) is 0 Å². The number of ether oxygens (including phenoxy) is 1. The minimum absolute atomic E-state index is 0.233. The molecule has 1 aromatic carbocycles. The smallest absolute Gasteiger partial charge is 0.410 e. The van der Waals surface area contributed by atoms with E-state index in [1.165, 1.54) is 17.7 Å². The van der Waals surface area contributed by atoms with Crippen molar-refractivity contribution in [2.45, 2.75) is 32.8 Å². The Bertz CT molecular complexity index is 607. The zero-order valence-corrected chi connectivity index (χ0v) is 13.7. The maximum atomic E-state index is 12.1. The molecule has 0 aromatic heterocycles. The fourth-order valence-electron chi connectivity index (χ4n) is 2.99. The van der Waals surface area contributed by atoms with Crippen LogP contribution in [0.15, 0.2) is 47.0 Å². The molecular formula is C19H24N2O2. The second-order valence-electron chi connectivity index (χ2n) is 6.40. The number of carbonyl (C=O) groups excluding carboxylic acids is 1. The lowest BCUT2D eigenvalue weighted by Gasteiger charge is -2.28. The zero-order chi connectivity index (χ0) is 16.1. The van der Waals surface area contributed by atoms with Crippen LogP contribution in [0.2, 0.25) is 0 Å². The molecular weight excluding hydrogens is 288 g/mol. The summed E-state index contributed by atoms with van der Waals surface area (Å²) in [6.45, 7) is 4.86. The summed E-state index contributed by atoms with van der Waals surface area (Å²) in [5, 5.41) is 0. The molecule has 0 spiro atoms. The van der Waals surface area contributed by atoms with E-state index in [2.05, 4.69) is 13.0 Å². The van der Waals surface area contributed by atoms with E-state index in [9.17, 15) is 4.79 Å². The molecule has 0 saturated carbocycles. The lowest BCUT2D eigenvalue weighted by atomic mass is 9.93. The molecule has 0 aliphatic carbocycles. The minimum atomic E-state index is -0.233. The monoisotopic (exact) mass is 312 g/mol. The fraction of sp³-hybridized carbons (Fsp3) is 0.474. The first-order chi connectivity index (χ1) is 11.2. The molecule has 23 heavy (non-hydrogen) atoms. The molecule has 0 N–H and O–H groups in total. The normalized spacial score (nSPS) is 21.4. The number of carbonyl (C=O) groups is 1. The highest BCUT2D eigenvalue weighted by Crippen LogP contribution is 2.22. The van der Waals surface area contributed by atoms with Crippen LogP contribution in [0.5, 0.6) is 0 Å². The van der Waals surface area contributed by atoms with Gasteiger partial charge in [0, 0.05) is 25.3 Å². The first-order valence-corrected chi connectivity index (χ1v) is 8.40. The Kier molecular flexibility index (Phi) is 5.11. The van der Waals surface area contributed by atoms with Crippen LogP contribution in [-0.2, 0) is 11.3 Å². The molecule has 1 amide bonds. The van der Waals surface area contributed by atoms with Crippen molar-refractivity contribution < 1.29 is 9.53 Å². The topological polar surface area (TPSA) is 41.9 Å². The third-order valence-corrected chi connectivity index (χ3v) is 4.51. The van der Waals surface area contributed by atoms with Crippen LogP contribution in [-0.4, -0.2) is 36.3 Å². The van der Waals surface area contributed by atoms with Gasteiger partial charge in [-0.1, -0.05) is 43.3 Å². The van der Waals surface area contributed by atoms with Gasteiger partial charge in [0.2, 0.25) is 0 Å². The summed E-state index contributed by atoms with van der Waals surface area (Å²) < 4.78 is 5.39. The Morgan fingerprint density at radius 3 is 2.78 bits per heavy atom. The van der Waals surface area contributed by atoms with Gasteiger partial charge in [0.25, 0.3) is 0 Å². The van der Waals surface area contributed by atoms with Gasteiger partial charge in [0.05, 0.1) is 0 Å². The first kappa shape index (κ1) is 15.8. The van der Waals surface area contributed by atoms with Crippen LogP contribution in [0.1, 0.15) is 31.7 Å². The van der Waals surface area contributed by atoms with Crippen LogP contribution < -0.4 is 0 Å². The van der Waals surface area contributed by atoms with E-state index in [4.69, 9.17) is 9.73 Å². The van der Waals surface area contributed by atoms with Crippen molar-refractivity contribution in [1.29, 1.82) is 0 Å². The molecule has 0 fully saturated rings. The summed E-state index contributed by atoms with van der Waals surface area (Å²) in [5.41, 5.74) is 3.59. The maximum absolute atomic E-state index is 12.1. The summed E-state index contributed by atoms with van der Waals surface area (Å²) in [6, 6.07) is 9.78. The molecule has 2 aliphatic heterocycles. The van der Waals surface area contributed by atoms with Crippen molar-refractivity contribution in [3.05, 3.63) is 47.5 Å². The molecule has 1 aromatic rings. The van der Waals surface area contributed by atoms with Crippen LogP contribution >= 0.6 is 0 Å². The quantitative estimate of drug-likeness (QED) is 0.851. The molecule has 3 rings (SSSR count). The number of hydrogen-bond acceptors (Lipinski definition) is 3. The van der Waals surface area contributed by atoms with E-state index < -0.39 is 0 Å². The Hall–Kier alpha value is -2.10. The lowest BCUT2D eigenvalue weighted by Crippen LogP contribution is -2.36. The number of amides is 1. The Balaban J connectivity index is 1.50. The van der Waals surface area contributed by atoms with Gasteiger partial charge in [-0.05, 0) is 36.3 Å². The highest BCUT2D eigenvalue weighted by atomic mass is 16.6. The van der Waals surface area contributed by atoms with Gasteiger partial charge in [0.1, 0.15) is 6.61 Å². The highest BCUT2D eigenvalue weighted by molar-refractivity contribution is 6.00. The van der Waals surface area contributed by atoms with Gasteiger partial charge in [-0.25, -0.2) is 4.79 Å². The molecule has 0 radical (unpaired) electrons. The van der Waals surface area contributed by atoms with Crippen molar-refractivity contribution >= 4 is 11.8 Å². The average Bonchev–Trinajstić information content (AvgIpc) is 2.61. The van der Waals surface area contributed by atoms with Gasteiger partial charge in [-0.15, -0.1) is 0 Å². The maximum Gasteiger partial charge on any atom is 0.410 e. The summed E-state index contributed by atoms with van der Waals surface area (Å²) >= 11 is 0. The number of aliphatic imine (C=N–C) groups is 1. The molecule has 122 valence electrons. The fourth-order valence-corrected chi connectivity index (χ4v) is 2.99. The number of benzene rings is 1. The second kappa shape index (κ2) is 7.44. The van der Waals surface area contributed by atoms with Crippen molar-refractivity contribution in [1.82, 2.24) is 4.90 Å². The summed E-state index contributed by atoms with van der Waals surface area (Å²) in [6.07, 6.45) is 5.09. The third-order valence-electron chi connectivity index (χ3n) is 4.51. The van der Waals surface area contributed by atoms with E-state index in [1.54, 1.807) is 4.90 Å². The molecule has 1 atom stereocenters. The Morgan fingerprint density at radius 1 is 1.30 bits per heavy atom. The molecule has 0 saturated heterocycles. The predicted octanol–water partition coefficient (Wildman–Crippen LogP) is 3.83. The standard InChI is InChI=1S/C19H24N2O2/c1-15-7-8-18(20-13-15)17-9-11-21(12-10-17)19(22)23-14-16-5-3-2-4-6-16/h2-6,9,15H,7-8,10-14H2,1H3. The van der Waals surface area contributed by atoms with Crippen molar-refractivity contribution in [3.63, 3.8) is 0 Å². The number of hydrogen-bond donors (Lipinski definition) is 0. The summed E-state index contributed by atoms with van der Waals surface area (Å²) in [5.74, 6) is 0.701. The van der Waals surface area contributed by atoms with E-state index >= 15 is 0 Å². The molecule has 2 heterocycles. The Morgan fingerprint density at radius 2 is 2.13 bits per heavy atom.